The van der Waals surface area contributed by atoms with Crippen LogP contribution in [0.25, 0.3) is 86.2 Å². The molecule has 0 aliphatic carbocycles. The van der Waals surface area contributed by atoms with Crippen LogP contribution in [0, 0.1) is 0 Å². The van der Waals surface area contributed by atoms with Gasteiger partial charge in [0.2, 0.25) is 0 Å². The van der Waals surface area contributed by atoms with Crippen LogP contribution in [0.3, 0.4) is 0 Å². The van der Waals surface area contributed by atoms with Gasteiger partial charge >= 0.3 is 0 Å². The summed E-state index contributed by atoms with van der Waals surface area (Å²) >= 11 is 1.82. The summed E-state index contributed by atoms with van der Waals surface area (Å²) in [5.74, 6) is 0. The highest BCUT2D eigenvalue weighted by Crippen LogP contribution is 2.47. The van der Waals surface area contributed by atoms with Gasteiger partial charge in [-0.3, -0.25) is 0 Å². The first-order valence-electron chi connectivity index (χ1n) is 18.1. The number of thiophene rings is 1. The number of para-hydroxylation sites is 2. The second kappa shape index (κ2) is 12.1. The molecule has 3 nitrogen and oxygen atoms in total. The molecular weight excluding hydrogens is 698 g/mol. The Bertz CT molecular complexity index is 3250. The van der Waals surface area contributed by atoms with Crippen LogP contribution in [0.15, 0.2) is 186 Å². The molecule has 0 amide bonds. The first-order valence-corrected chi connectivity index (χ1v) is 20.6. The lowest BCUT2D eigenvalue weighted by molar-refractivity contribution is 0.592. The van der Waals surface area contributed by atoms with Crippen LogP contribution >= 0.6 is 18.5 Å². The van der Waals surface area contributed by atoms with E-state index < -0.39 is 7.14 Å². The van der Waals surface area contributed by atoms with Crippen molar-refractivity contribution in [1.82, 2.24) is 4.98 Å². The molecule has 0 aliphatic rings. The number of rotatable bonds is 5. The van der Waals surface area contributed by atoms with Crippen molar-refractivity contribution < 1.29 is 8.98 Å². The van der Waals surface area contributed by atoms with Crippen LogP contribution in [-0.4, -0.2) is 4.98 Å². The zero-order valence-corrected chi connectivity index (χ0v) is 30.7. The van der Waals surface area contributed by atoms with Crippen LogP contribution in [0.4, 0.5) is 0 Å². The second-order valence-electron chi connectivity index (χ2n) is 13.8. The van der Waals surface area contributed by atoms with Crippen molar-refractivity contribution in [3.05, 3.63) is 182 Å². The Hall–Kier alpha value is -6.32. The molecule has 254 valence electrons. The fourth-order valence-corrected chi connectivity index (χ4v) is 11.9. The van der Waals surface area contributed by atoms with Gasteiger partial charge in [0, 0.05) is 74.1 Å². The molecule has 0 radical (unpaired) electrons. The molecule has 0 N–H and O–H groups in total. The highest BCUT2D eigenvalue weighted by Gasteiger charge is 2.30. The van der Waals surface area contributed by atoms with E-state index >= 15 is 4.57 Å². The van der Waals surface area contributed by atoms with E-state index in [4.69, 9.17) is 9.40 Å². The quantitative estimate of drug-likeness (QED) is 0.131. The first kappa shape index (κ1) is 31.2. The molecule has 0 unspecified atom stereocenters. The Labute approximate surface area is 315 Å². The molecule has 0 aliphatic heterocycles. The topological polar surface area (TPSA) is 43.1 Å². The van der Waals surface area contributed by atoms with Crippen molar-refractivity contribution in [2.24, 2.45) is 0 Å². The number of furan rings is 1. The number of nitrogens with zero attached hydrogens (tertiary/aromatic N) is 1. The smallest absolute Gasteiger partial charge is 0.171 e. The standard InChI is InChI=1S/C49H30NO2PS/c51-53(33-13-3-1-4-14-33,34-15-5-2-6-16-34)35-26-23-31(24-27-35)39-30-41-46(47-38-19-8-11-21-43(38)52-49(39)47)37-18-7-10-20-42(37)50-48(41)32-25-28-45-40(29-32)36-17-9-12-22-44(36)54-45/h1-30H. The van der Waals surface area contributed by atoms with Crippen molar-refractivity contribution in [2.45, 2.75) is 0 Å². The maximum absolute atomic E-state index is 15.2. The molecule has 11 rings (SSSR count). The van der Waals surface area contributed by atoms with E-state index in [-0.39, 0.29) is 0 Å². The molecule has 3 aromatic heterocycles. The van der Waals surface area contributed by atoms with Gasteiger partial charge in [-0.2, -0.15) is 0 Å². The van der Waals surface area contributed by atoms with Gasteiger partial charge in [0.15, 0.2) is 7.14 Å². The molecular formula is C49H30NO2PS. The van der Waals surface area contributed by atoms with Crippen molar-refractivity contribution in [2.75, 3.05) is 0 Å². The van der Waals surface area contributed by atoms with Crippen molar-refractivity contribution in [3.63, 3.8) is 0 Å². The minimum atomic E-state index is -3.14. The lowest BCUT2D eigenvalue weighted by Gasteiger charge is -2.20. The third-order valence-electron chi connectivity index (χ3n) is 10.7. The molecule has 3 heterocycles. The van der Waals surface area contributed by atoms with Gasteiger partial charge < -0.3 is 8.98 Å². The molecule has 0 bridgehead atoms. The predicted molar refractivity (Wildman–Crippen MR) is 230 cm³/mol. The second-order valence-corrected chi connectivity index (χ2v) is 17.6. The minimum absolute atomic E-state index is 0.787. The summed E-state index contributed by atoms with van der Waals surface area (Å²) in [6.07, 6.45) is 0. The summed E-state index contributed by atoms with van der Waals surface area (Å²) in [6.45, 7) is 0. The Morgan fingerprint density at radius 2 is 1.06 bits per heavy atom. The van der Waals surface area contributed by atoms with Crippen LogP contribution in [0.2, 0.25) is 0 Å². The monoisotopic (exact) mass is 727 g/mol. The SMILES string of the molecule is O=P(c1ccccc1)(c1ccccc1)c1ccc(-c2cc3c(-c4ccc5sc6ccccc6c5c4)nc4ccccc4c3c3c2oc2ccccc23)cc1. The summed E-state index contributed by atoms with van der Waals surface area (Å²) in [7, 11) is -3.14. The molecule has 5 heteroatoms. The summed E-state index contributed by atoms with van der Waals surface area (Å²) in [5, 5.41) is 10.3. The predicted octanol–water partition coefficient (Wildman–Crippen LogP) is 12.6. The average molecular weight is 728 g/mol. The fourth-order valence-electron chi connectivity index (χ4n) is 8.21. The van der Waals surface area contributed by atoms with Crippen molar-refractivity contribution in [3.8, 4) is 22.4 Å². The Morgan fingerprint density at radius 3 is 1.81 bits per heavy atom. The van der Waals surface area contributed by atoms with E-state index in [1.54, 1.807) is 0 Å². The maximum Gasteiger partial charge on any atom is 0.171 e. The highest BCUT2D eigenvalue weighted by molar-refractivity contribution is 7.85. The number of fused-ring (bicyclic) bond motifs is 10. The fraction of sp³-hybridized carbons (Fsp3) is 0. The normalized spacial score (nSPS) is 12.1. The lowest BCUT2D eigenvalue weighted by atomic mass is 9.91. The number of hydrogen-bond acceptors (Lipinski definition) is 4. The summed E-state index contributed by atoms with van der Waals surface area (Å²) in [4.78, 5) is 5.40. The first-order chi connectivity index (χ1) is 26.6. The van der Waals surface area contributed by atoms with Gasteiger partial charge in [0.25, 0.3) is 0 Å². The van der Waals surface area contributed by atoms with Crippen LogP contribution in [-0.2, 0) is 4.57 Å². The number of pyridine rings is 1. The Balaban J connectivity index is 1.20. The molecule has 0 saturated heterocycles. The van der Waals surface area contributed by atoms with Gasteiger partial charge in [0.1, 0.15) is 11.2 Å². The van der Waals surface area contributed by atoms with Crippen LogP contribution in [0.1, 0.15) is 0 Å². The van der Waals surface area contributed by atoms with E-state index in [2.05, 4.69) is 97.1 Å². The Morgan fingerprint density at radius 1 is 0.463 bits per heavy atom. The maximum atomic E-state index is 15.2. The average Bonchev–Trinajstić information content (AvgIpc) is 3.82. The van der Waals surface area contributed by atoms with Gasteiger partial charge in [-0.1, -0.05) is 146 Å². The largest absolute Gasteiger partial charge is 0.455 e. The van der Waals surface area contributed by atoms with E-state index in [0.717, 1.165) is 81.9 Å². The van der Waals surface area contributed by atoms with E-state index in [9.17, 15) is 0 Å². The summed E-state index contributed by atoms with van der Waals surface area (Å²) in [5.41, 5.74) is 6.56. The molecule has 11 aromatic rings. The van der Waals surface area contributed by atoms with Crippen molar-refractivity contribution in [1.29, 1.82) is 0 Å². The van der Waals surface area contributed by atoms with E-state index in [1.165, 1.54) is 20.2 Å². The molecule has 8 aromatic carbocycles. The zero-order chi connectivity index (χ0) is 35.8. The zero-order valence-electron chi connectivity index (χ0n) is 28.9. The van der Waals surface area contributed by atoms with Crippen LogP contribution < -0.4 is 15.9 Å². The number of hydrogen-bond donors (Lipinski definition) is 0. The number of aromatic nitrogens is 1. The molecule has 0 atom stereocenters. The molecule has 0 saturated carbocycles. The molecule has 54 heavy (non-hydrogen) atoms. The summed E-state index contributed by atoms with van der Waals surface area (Å²) < 4.78 is 24.6. The van der Waals surface area contributed by atoms with Gasteiger partial charge in [-0.25, -0.2) is 4.98 Å². The lowest BCUT2D eigenvalue weighted by Crippen LogP contribution is -2.24. The minimum Gasteiger partial charge on any atom is -0.455 e. The van der Waals surface area contributed by atoms with E-state index in [1.807, 2.05) is 96.3 Å². The number of benzene rings is 8. The van der Waals surface area contributed by atoms with Crippen molar-refractivity contribution >= 4 is 98.2 Å². The Kier molecular flexibility index (Phi) is 7.00. The summed E-state index contributed by atoms with van der Waals surface area (Å²) in [6, 6.07) is 62.3. The third kappa shape index (κ3) is 4.67. The van der Waals surface area contributed by atoms with Crippen LogP contribution in [0.5, 0.6) is 0 Å². The third-order valence-corrected chi connectivity index (χ3v) is 15.0. The van der Waals surface area contributed by atoms with Gasteiger partial charge in [-0.05, 0) is 42.0 Å². The van der Waals surface area contributed by atoms with E-state index in [0.29, 0.717) is 0 Å². The highest BCUT2D eigenvalue weighted by atomic mass is 32.1. The molecule has 0 fully saturated rings. The van der Waals surface area contributed by atoms with Gasteiger partial charge in [-0.15, -0.1) is 11.3 Å². The van der Waals surface area contributed by atoms with Gasteiger partial charge in [0.05, 0.1) is 11.2 Å². The molecule has 0 spiro atoms.